The van der Waals surface area contributed by atoms with Gasteiger partial charge in [-0.05, 0) is 37.5 Å². The highest BCUT2D eigenvalue weighted by Gasteiger charge is 2.26. The van der Waals surface area contributed by atoms with Crippen LogP contribution in [0.15, 0.2) is 18.2 Å². The van der Waals surface area contributed by atoms with Gasteiger partial charge in [0.1, 0.15) is 0 Å². The second-order valence-electron chi connectivity index (χ2n) is 4.38. The van der Waals surface area contributed by atoms with E-state index in [0.717, 1.165) is 12.8 Å². The first-order chi connectivity index (χ1) is 9.15. The third kappa shape index (κ3) is 3.38. The van der Waals surface area contributed by atoms with Crippen molar-refractivity contribution in [3.05, 3.63) is 23.8 Å². The molecule has 0 radical (unpaired) electrons. The Morgan fingerprint density at radius 1 is 1.42 bits per heavy atom. The molecule has 1 N–H and O–H groups in total. The second-order valence-corrected chi connectivity index (χ2v) is 4.38. The lowest BCUT2D eigenvalue weighted by atomic mass is 10.1. The largest absolute Gasteiger partial charge is 0.493 e. The van der Waals surface area contributed by atoms with Crippen molar-refractivity contribution in [3.8, 4) is 11.5 Å². The van der Waals surface area contributed by atoms with Crippen LogP contribution in [0.2, 0.25) is 0 Å². The van der Waals surface area contributed by atoms with E-state index in [1.54, 1.807) is 25.1 Å². The molecule has 104 valence electrons. The molecule has 0 heterocycles. The van der Waals surface area contributed by atoms with Gasteiger partial charge in [-0.2, -0.15) is 0 Å². The quantitative estimate of drug-likeness (QED) is 0.796. The van der Waals surface area contributed by atoms with Crippen LogP contribution in [0.4, 0.5) is 0 Å². The molecule has 1 aromatic rings. The summed E-state index contributed by atoms with van der Waals surface area (Å²) >= 11 is 0. The Hall–Kier alpha value is -1.75. The fraction of sp³-hybridized carbons (Fsp3) is 0.500. The van der Waals surface area contributed by atoms with Crippen molar-refractivity contribution < 1.29 is 24.1 Å². The fourth-order valence-corrected chi connectivity index (χ4v) is 1.67. The van der Waals surface area contributed by atoms with Crippen molar-refractivity contribution >= 4 is 5.97 Å². The number of hydrogen-bond donors (Lipinski definition) is 1. The summed E-state index contributed by atoms with van der Waals surface area (Å²) in [5.74, 6) is 0.470. The van der Waals surface area contributed by atoms with E-state index in [1.807, 2.05) is 0 Å². The van der Waals surface area contributed by atoms with Gasteiger partial charge in [-0.25, -0.2) is 4.79 Å². The molecule has 0 aromatic heterocycles. The van der Waals surface area contributed by atoms with Gasteiger partial charge in [0, 0.05) is 0 Å². The summed E-state index contributed by atoms with van der Waals surface area (Å²) in [6.07, 6.45) is 1.06. The lowest BCUT2D eigenvalue weighted by molar-refractivity contribution is -0.153. The van der Waals surface area contributed by atoms with Gasteiger partial charge in [-0.15, -0.1) is 0 Å². The highest BCUT2D eigenvalue weighted by Crippen LogP contribution is 2.35. The summed E-state index contributed by atoms with van der Waals surface area (Å²) in [7, 11) is 1.52. The molecule has 1 aliphatic rings. The van der Waals surface area contributed by atoms with E-state index in [4.69, 9.17) is 14.2 Å². The first kappa shape index (κ1) is 13.7. The Kier molecular flexibility index (Phi) is 4.27. The number of rotatable bonds is 6. The van der Waals surface area contributed by atoms with Gasteiger partial charge in [0.15, 0.2) is 17.6 Å². The van der Waals surface area contributed by atoms with Crippen LogP contribution < -0.4 is 9.47 Å². The zero-order chi connectivity index (χ0) is 13.8. The van der Waals surface area contributed by atoms with Crippen LogP contribution in [-0.2, 0) is 9.53 Å². The van der Waals surface area contributed by atoms with Crippen LogP contribution in [0.1, 0.15) is 31.4 Å². The summed E-state index contributed by atoms with van der Waals surface area (Å²) in [4.78, 5) is 11.5. The first-order valence-electron chi connectivity index (χ1n) is 6.35. The Morgan fingerprint density at radius 3 is 2.74 bits per heavy atom. The molecule has 1 atom stereocenters. The van der Waals surface area contributed by atoms with Crippen LogP contribution in [0.3, 0.4) is 0 Å². The molecule has 1 aliphatic carbocycles. The van der Waals surface area contributed by atoms with E-state index in [-0.39, 0.29) is 12.7 Å². The molecule has 0 saturated heterocycles. The van der Waals surface area contributed by atoms with E-state index < -0.39 is 12.1 Å². The Morgan fingerprint density at radius 2 is 2.16 bits per heavy atom. The summed E-state index contributed by atoms with van der Waals surface area (Å²) < 4.78 is 15.7. The number of benzene rings is 1. The topological polar surface area (TPSA) is 65.0 Å². The second kappa shape index (κ2) is 5.93. The minimum absolute atomic E-state index is 0.232. The number of aliphatic hydroxyl groups excluding tert-OH is 1. The predicted octanol–water partition coefficient (Wildman–Crippen LogP) is 1.83. The summed E-state index contributed by atoms with van der Waals surface area (Å²) in [6.45, 7) is 1.92. The van der Waals surface area contributed by atoms with Gasteiger partial charge in [0.25, 0.3) is 0 Å². The SMILES string of the molecule is CCOC(=O)C(O)c1ccc(OC2CC2)c(OC)c1. The monoisotopic (exact) mass is 266 g/mol. The number of hydrogen-bond acceptors (Lipinski definition) is 5. The van der Waals surface area contributed by atoms with Crippen molar-refractivity contribution in [2.24, 2.45) is 0 Å². The highest BCUT2D eigenvalue weighted by atomic mass is 16.5. The molecule has 0 amide bonds. The third-order valence-electron chi connectivity index (χ3n) is 2.83. The average Bonchev–Trinajstić information content (AvgIpc) is 3.22. The van der Waals surface area contributed by atoms with E-state index in [0.29, 0.717) is 17.1 Å². The van der Waals surface area contributed by atoms with Crippen molar-refractivity contribution in [1.29, 1.82) is 0 Å². The standard InChI is InChI=1S/C14H18O5/c1-3-18-14(16)13(15)9-4-7-11(12(8-9)17-2)19-10-5-6-10/h4,7-8,10,13,15H,3,5-6H2,1-2H3. The van der Waals surface area contributed by atoms with Crippen molar-refractivity contribution in [2.45, 2.75) is 32.0 Å². The van der Waals surface area contributed by atoms with E-state index >= 15 is 0 Å². The smallest absolute Gasteiger partial charge is 0.339 e. The minimum atomic E-state index is -1.30. The number of carbonyl (C=O) groups is 1. The number of methoxy groups -OCH3 is 1. The molecule has 1 unspecified atom stereocenters. The number of esters is 1. The number of carbonyl (C=O) groups excluding carboxylic acids is 1. The molecule has 0 bridgehead atoms. The normalized spacial score (nSPS) is 15.7. The van der Waals surface area contributed by atoms with Crippen LogP contribution in [0, 0.1) is 0 Å². The van der Waals surface area contributed by atoms with Gasteiger partial charge >= 0.3 is 5.97 Å². The van der Waals surface area contributed by atoms with Crippen molar-refractivity contribution in [1.82, 2.24) is 0 Å². The zero-order valence-electron chi connectivity index (χ0n) is 11.1. The molecule has 1 aromatic carbocycles. The highest BCUT2D eigenvalue weighted by molar-refractivity contribution is 5.76. The fourth-order valence-electron chi connectivity index (χ4n) is 1.67. The maximum Gasteiger partial charge on any atom is 0.339 e. The van der Waals surface area contributed by atoms with Gasteiger partial charge in [-0.1, -0.05) is 6.07 Å². The number of ether oxygens (including phenoxy) is 3. The molecule has 0 spiro atoms. The Balaban J connectivity index is 2.15. The minimum Gasteiger partial charge on any atom is -0.493 e. The van der Waals surface area contributed by atoms with Crippen LogP contribution in [0.5, 0.6) is 11.5 Å². The lowest BCUT2D eigenvalue weighted by Crippen LogP contribution is -2.15. The van der Waals surface area contributed by atoms with Gasteiger partial charge in [0.2, 0.25) is 0 Å². The Labute approximate surface area is 112 Å². The van der Waals surface area contributed by atoms with Crippen LogP contribution in [-0.4, -0.2) is 30.9 Å². The molecule has 0 aliphatic heterocycles. The molecule has 2 rings (SSSR count). The van der Waals surface area contributed by atoms with E-state index in [9.17, 15) is 9.90 Å². The maximum atomic E-state index is 11.5. The molecule has 1 saturated carbocycles. The molecular formula is C14H18O5. The maximum absolute atomic E-state index is 11.5. The van der Waals surface area contributed by atoms with Gasteiger partial charge in [0.05, 0.1) is 19.8 Å². The average molecular weight is 266 g/mol. The van der Waals surface area contributed by atoms with Crippen LogP contribution >= 0.6 is 0 Å². The molecule has 5 heteroatoms. The summed E-state index contributed by atoms with van der Waals surface area (Å²) in [5, 5.41) is 9.85. The zero-order valence-corrected chi connectivity index (χ0v) is 11.1. The summed E-state index contributed by atoms with van der Waals surface area (Å²) in [5.41, 5.74) is 0.429. The lowest BCUT2D eigenvalue weighted by Gasteiger charge is -2.14. The molecule has 1 fully saturated rings. The van der Waals surface area contributed by atoms with Crippen LogP contribution in [0.25, 0.3) is 0 Å². The molecular weight excluding hydrogens is 248 g/mol. The van der Waals surface area contributed by atoms with Gasteiger partial charge < -0.3 is 19.3 Å². The van der Waals surface area contributed by atoms with E-state index in [2.05, 4.69) is 0 Å². The van der Waals surface area contributed by atoms with Crippen molar-refractivity contribution in [3.63, 3.8) is 0 Å². The molecule has 19 heavy (non-hydrogen) atoms. The predicted molar refractivity (Wildman–Crippen MR) is 68.2 cm³/mol. The number of aliphatic hydroxyl groups is 1. The van der Waals surface area contributed by atoms with Crippen molar-refractivity contribution in [2.75, 3.05) is 13.7 Å². The first-order valence-corrected chi connectivity index (χ1v) is 6.35. The Bertz CT molecular complexity index is 453. The third-order valence-corrected chi connectivity index (χ3v) is 2.83. The van der Waals surface area contributed by atoms with E-state index in [1.165, 1.54) is 7.11 Å². The van der Waals surface area contributed by atoms with Gasteiger partial charge in [-0.3, -0.25) is 0 Å². The molecule has 5 nitrogen and oxygen atoms in total. The summed E-state index contributed by atoms with van der Waals surface area (Å²) in [6, 6.07) is 4.94.